The van der Waals surface area contributed by atoms with Gasteiger partial charge in [-0.25, -0.2) is 0 Å². The Bertz CT molecular complexity index is 199. The van der Waals surface area contributed by atoms with Crippen LogP contribution in [0.2, 0.25) is 0 Å². The van der Waals surface area contributed by atoms with E-state index in [0.717, 1.165) is 12.5 Å². The van der Waals surface area contributed by atoms with Crippen molar-refractivity contribution in [3.05, 3.63) is 0 Å². The summed E-state index contributed by atoms with van der Waals surface area (Å²) < 4.78 is 0. The molecule has 1 heterocycles. The van der Waals surface area contributed by atoms with Crippen molar-refractivity contribution in [2.75, 3.05) is 6.54 Å². The molecule has 1 unspecified atom stereocenters. The molecule has 1 aliphatic carbocycles. The highest BCUT2D eigenvalue weighted by Crippen LogP contribution is 2.32. The van der Waals surface area contributed by atoms with Crippen molar-refractivity contribution in [3.8, 4) is 0 Å². The molecule has 2 heteroatoms. The standard InChI is InChI=1S/C15H30N2/c16-15(12-8-4-5-9-13-17-15)14-10-6-2-1-3-7-11-14/h14,17H,1-13,16H2. The van der Waals surface area contributed by atoms with E-state index in [0.29, 0.717) is 0 Å². The second-order valence-corrected chi connectivity index (χ2v) is 6.17. The van der Waals surface area contributed by atoms with Crippen LogP contribution in [-0.4, -0.2) is 12.2 Å². The maximum absolute atomic E-state index is 6.71. The highest BCUT2D eigenvalue weighted by atomic mass is 15.1. The van der Waals surface area contributed by atoms with E-state index in [4.69, 9.17) is 5.73 Å². The second-order valence-electron chi connectivity index (χ2n) is 6.17. The average Bonchev–Trinajstić information content (AvgIpc) is 2.23. The van der Waals surface area contributed by atoms with Gasteiger partial charge in [-0.3, -0.25) is 5.32 Å². The van der Waals surface area contributed by atoms with Crippen LogP contribution in [0.4, 0.5) is 0 Å². The Morgan fingerprint density at radius 2 is 1.35 bits per heavy atom. The number of nitrogens with two attached hydrogens (primary N) is 1. The molecule has 17 heavy (non-hydrogen) atoms. The SMILES string of the molecule is NC1(C2CCCCCCC2)CCCCCCN1. The van der Waals surface area contributed by atoms with Gasteiger partial charge in [0.15, 0.2) is 0 Å². The van der Waals surface area contributed by atoms with E-state index in [-0.39, 0.29) is 5.66 Å². The summed E-state index contributed by atoms with van der Waals surface area (Å²) in [6.07, 6.45) is 16.4. The molecule has 1 saturated heterocycles. The predicted molar refractivity (Wildman–Crippen MR) is 73.8 cm³/mol. The van der Waals surface area contributed by atoms with E-state index in [2.05, 4.69) is 5.32 Å². The molecule has 2 rings (SSSR count). The van der Waals surface area contributed by atoms with E-state index >= 15 is 0 Å². The summed E-state index contributed by atoms with van der Waals surface area (Å²) >= 11 is 0. The monoisotopic (exact) mass is 238 g/mol. The van der Waals surface area contributed by atoms with Crippen LogP contribution >= 0.6 is 0 Å². The Balaban J connectivity index is 1.94. The summed E-state index contributed by atoms with van der Waals surface area (Å²) in [4.78, 5) is 0. The van der Waals surface area contributed by atoms with E-state index in [1.807, 2.05) is 0 Å². The minimum absolute atomic E-state index is 0.0439. The molecule has 100 valence electrons. The Labute approximate surface area is 107 Å². The molecule has 0 amide bonds. The smallest absolute Gasteiger partial charge is 0.0690 e. The molecular formula is C15H30N2. The van der Waals surface area contributed by atoms with E-state index < -0.39 is 0 Å². The van der Waals surface area contributed by atoms with Gasteiger partial charge in [0, 0.05) is 0 Å². The van der Waals surface area contributed by atoms with Gasteiger partial charge in [0.1, 0.15) is 0 Å². The van der Waals surface area contributed by atoms with Crippen molar-refractivity contribution in [3.63, 3.8) is 0 Å². The fourth-order valence-corrected chi connectivity index (χ4v) is 3.63. The summed E-state index contributed by atoms with van der Waals surface area (Å²) in [6.45, 7) is 1.13. The lowest BCUT2D eigenvalue weighted by Crippen LogP contribution is -2.59. The first-order chi connectivity index (χ1) is 8.31. The zero-order chi connectivity index (χ0) is 12.0. The fourth-order valence-electron chi connectivity index (χ4n) is 3.63. The van der Waals surface area contributed by atoms with E-state index in [9.17, 15) is 0 Å². The molecule has 2 nitrogen and oxygen atoms in total. The molecule has 0 aromatic rings. The number of rotatable bonds is 1. The number of nitrogens with one attached hydrogen (secondary N) is 1. The van der Waals surface area contributed by atoms with Gasteiger partial charge in [-0.05, 0) is 38.1 Å². The van der Waals surface area contributed by atoms with Gasteiger partial charge in [0.05, 0.1) is 5.66 Å². The molecule has 0 radical (unpaired) electrons. The molecule has 0 spiro atoms. The van der Waals surface area contributed by atoms with Crippen LogP contribution in [0.3, 0.4) is 0 Å². The van der Waals surface area contributed by atoms with Gasteiger partial charge >= 0.3 is 0 Å². The van der Waals surface area contributed by atoms with Gasteiger partial charge in [-0.15, -0.1) is 0 Å². The first-order valence-electron chi connectivity index (χ1n) is 7.85. The van der Waals surface area contributed by atoms with Crippen LogP contribution in [0.5, 0.6) is 0 Å². The van der Waals surface area contributed by atoms with Gasteiger partial charge in [0.25, 0.3) is 0 Å². The maximum Gasteiger partial charge on any atom is 0.0690 e. The first-order valence-corrected chi connectivity index (χ1v) is 7.85. The van der Waals surface area contributed by atoms with Crippen LogP contribution in [0.1, 0.15) is 77.0 Å². The van der Waals surface area contributed by atoms with Gasteiger partial charge in [-0.2, -0.15) is 0 Å². The zero-order valence-electron chi connectivity index (χ0n) is 11.3. The molecule has 0 aromatic heterocycles. The molecule has 2 fully saturated rings. The minimum Gasteiger partial charge on any atom is -0.313 e. The van der Waals surface area contributed by atoms with Crippen molar-refractivity contribution in [2.24, 2.45) is 11.7 Å². The van der Waals surface area contributed by atoms with Gasteiger partial charge in [0.2, 0.25) is 0 Å². The largest absolute Gasteiger partial charge is 0.313 e. The lowest BCUT2D eigenvalue weighted by atomic mass is 9.79. The molecule has 1 saturated carbocycles. The second kappa shape index (κ2) is 6.75. The average molecular weight is 238 g/mol. The normalized spacial score (nSPS) is 34.4. The third-order valence-corrected chi connectivity index (χ3v) is 4.81. The number of hydrogen-bond acceptors (Lipinski definition) is 2. The van der Waals surface area contributed by atoms with Gasteiger partial charge < -0.3 is 5.73 Å². The van der Waals surface area contributed by atoms with E-state index in [1.165, 1.54) is 77.0 Å². The molecule has 0 bridgehead atoms. The topological polar surface area (TPSA) is 38.0 Å². The van der Waals surface area contributed by atoms with E-state index in [1.54, 1.807) is 0 Å². The maximum atomic E-state index is 6.71. The third-order valence-electron chi connectivity index (χ3n) is 4.81. The first kappa shape index (κ1) is 13.4. The summed E-state index contributed by atoms with van der Waals surface area (Å²) in [6, 6.07) is 0. The molecule has 1 atom stereocenters. The summed E-state index contributed by atoms with van der Waals surface area (Å²) in [5.74, 6) is 0.723. The highest BCUT2D eigenvalue weighted by Gasteiger charge is 2.33. The van der Waals surface area contributed by atoms with Crippen molar-refractivity contribution in [2.45, 2.75) is 82.7 Å². The Kier molecular flexibility index (Phi) is 5.30. The predicted octanol–water partition coefficient (Wildman–Crippen LogP) is 3.56. The Morgan fingerprint density at radius 3 is 2.12 bits per heavy atom. The summed E-state index contributed by atoms with van der Waals surface area (Å²) in [5.41, 5.74) is 6.67. The third kappa shape index (κ3) is 3.96. The summed E-state index contributed by atoms with van der Waals surface area (Å²) in [5, 5.41) is 3.69. The molecule has 3 N–H and O–H groups in total. The van der Waals surface area contributed by atoms with Crippen LogP contribution in [-0.2, 0) is 0 Å². The van der Waals surface area contributed by atoms with Crippen molar-refractivity contribution >= 4 is 0 Å². The van der Waals surface area contributed by atoms with Crippen molar-refractivity contribution < 1.29 is 0 Å². The fraction of sp³-hybridized carbons (Fsp3) is 1.00. The highest BCUT2D eigenvalue weighted by molar-refractivity contribution is 4.90. The summed E-state index contributed by atoms with van der Waals surface area (Å²) in [7, 11) is 0. The van der Waals surface area contributed by atoms with Crippen molar-refractivity contribution in [1.82, 2.24) is 5.32 Å². The van der Waals surface area contributed by atoms with Crippen LogP contribution < -0.4 is 11.1 Å². The van der Waals surface area contributed by atoms with Gasteiger partial charge in [-0.1, -0.05) is 51.4 Å². The number of hydrogen-bond donors (Lipinski definition) is 2. The lowest BCUT2D eigenvalue weighted by Gasteiger charge is -2.41. The lowest BCUT2D eigenvalue weighted by molar-refractivity contribution is 0.152. The molecule has 0 aromatic carbocycles. The minimum atomic E-state index is -0.0439. The Morgan fingerprint density at radius 1 is 0.765 bits per heavy atom. The van der Waals surface area contributed by atoms with Crippen molar-refractivity contribution in [1.29, 1.82) is 0 Å². The van der Waals surface area contributed by atoms with Crippen LogP contribution in [0.25, 0.3) is 0 Å². The van der Waals surface area contributed by atoms with Crippen LogP contribution in [0, 0.1) is 5.92 Å². The zero-order valence-corrected chi connectivity index (χ0v) is 11.3. The molecule has 2 aliphatic rings. The molecule has 1 aliphatic heterocycles. The Hall–Kier alpha value is -0.0800. The quantitative estimate of drug-likeness (QED) is 0.733. The van der Waals surface area contributed by atoms with Crippen LogP contribution in [0.15, 0.2) is 0 Å². The molecular weight excluding hydrogens is 208 g/mol.